The van der Waals surface area contributed by atoms with E-state index in [0.717, 1.165) is 51.9 Å². The van der Waals surface area contributed by atoms with E-state index in [2.05, 4.69) is 70.4 Å². The lowest BCUT2D eigenvalue weighted by molar-refractivity contribution is 0.410. The molecule has 5 nitrogen and oxygen atoms in total. The van der Waals surface area contributed by atoms with Crippen molar-refractivity contribution in [3.63, 3.8) is 0 Å². The highest BCUT2D eigenvalue weighted by atomic mass is 16.5. The van der Waals surface area contributed by atoms with Crippen molar-refractivity contribution in [3.8, 4) is 28.0 Å². The summed E-state index contributed by atoms with van der Waals surface area (Å²) in [6, 6.07) is 20.5. The predicted octanol–water partition coefficient (Wildman–Crippen LogP) is 5.69. The van der Waals surface area contributed by atoms with Gasteiger partial charge in [0.15, 0.2) is 0 Å². The zero-order valence-electron chi connectivity index (χ0n) is 18.7. The van der Waals surface area contributed by atoms with Gasteiger partial charge in [-0.25, -0.2) is 4.98 Å². The molecule has 164 valence electrons. The number of fused-ring (bicyclic) bond motifs is 1. The Morgan fingerprint density at radius 3 is 2.42 bits per heavy atom. The van der Waals surface area contributed by atoms with E-state index in [0.29, 0.717) is 0 Å². The molecule has 0 aliphatic carbocycles. The van der Waals surface area contributed by atoms with Crippen LogP contribution in [0, 0.1) is 6.92 Å². The molecule has 33 heavy (non-hydrogen) atoms. The Kier molecular flexibility index (Phi) is 5.53. The van der Waals surface area contributed by atoms with E-state index in [1.165, 1.54) is 22.8 Å². The lowest BCUT2D eigenvalue weighted by Gasteiger charge is -2.11. The average molecular weight is 436 g/mol. The quantitative estimate of drug-likeness (QED) is 0.360. The third-order valence-corrected chi connectivity index (χ3v) is 6.05. The lowest BCUT2D eigenvalue weighted by atomic mass is 9.98. The topological polar surface area (TPSA) is 70.8 Å². The maximum absolute atomic E-state index is 11.4. The van der Waals surface area contributed by atoms with Crippen LogP contribution < -0.4 is 10.3 Å². The Labute approximate surface area is 192 Å². The Morgan fingerprint density at radius 1 is 0.848 bits per heavy atom. The molecule has 5 rings (SSSR count). The zero-order valence-corrected chi connectivity index (χ0v) is 18.7. The summed E-state index contributed by atoms with van der Waals surface area (Å²) in [7, 11) is 1.72. The van der Waals surface area contributed by atoms with Crippen molar-refractivity contribution in [3.05, 3.63) is 106 Å². The van der Waals surface area contributed by atoms with Crippen LogP contribution in [0.5, 0.6) is 5.75 Å². The molecule has 0 aliphatic rings. The van der Waals surface area contributed by atoms with E-state index in [1.54, 1.807) is 13.3 Å². The van der Waals surface area contributed by atoms with Crippen LogP contribution in [0.15, 0.2) is 84.0 Å². The molecule has 0 amide bonds. The molecule has 0 spiro atoms. The minimum Gasteiger partial charge on any atom is -0.496 e. The van der Waals surface area contributed by atoms with Gasteiger partial charge in [0.1, 0.15) is 11.4 Å². The smallest absolute Gasteiger partial charge is 0.247 e. The maximum atomic E-state index is 11.4. The molecule has 5 aromatic rings. The van der Waals surface area contributed by atoms with E-state index in [1.807, 2.05) is 18.5 Å². The largest absolute Gasteiger partial charge is 0.496 e. The minimum absolute atomic E-state index is 0.119. The summed E-state index contributed by atoms with van der Waals surface area (Å²) in [4.78, 5) is 22.0. The van der Waals surface area contributed by atoms with Gasteiger partial charge in [0.05, 0.1) is 7.11 Å². The third kappa shape index (κ3) is 4.30. The van der Waals surface area contributed by atoms with E-state index in [9.17, 15) is 4.79 Å². The summed E-state index contributed by atoms with van der Waals surface area (Å²) in [5.74, 6) is 0.884. The molecule has 0 aliphatic heterocycles. The van der Waals surface area contributed by atoms with Gasteiger partial charge < -0.3 is 14.7 Å². The van der Waals surface area contributed by atoms with Crippen LogP contribution in [0.4, 0.5) is 0 Å². The van der Waals surface area contributed by atoms with Crippen LogP contribution in [0.1, 0.15) is 16.7 Å². The van der Waals surface area contributed by atoms with Crippen molar-refractivity contribution in [1.29, 1.82) is 0 Å². The predicted molar refractivity (Wildman–Crippen MR) is 133 cm³/mol. The number of nitrogens with zero attached hydrogens (tertiary/aromatic N) is 1. The van der Waals surface area contributed by atoms with Crippen molar-refractivity contribution in [2.75, 3.05) is 7.11 Å². The van der Waals surface area contributed by atoms with Gasteiger partial charge in [-0.2, -0.15) is 0 Å². The molecule has 2 aromatic carbocycles. The van der Waals surface area contributed by atoms with Gasteiger partial charge in [-0.15, -0.1) is 0 Å². The summed E-state index contributed by atoms with van der Waals surface area (Å²) < 4.78 is 5.73. The number of pyridine rings is 2. The zero-order chi connectivity index (χ0) is 22.8. The first-order valence-corrected chi connectivity index (χ1v) is 11.0. The maximum Gasteiger partial charge on any atom is 0.247 e. The number of rotatable bonds is 6. The Morgan fingerprint density at radius 2 is 1.67 bits per heavy atom. The van der Waals surface area contributed by atoms with Crippen LogP contribution in [-0.2, 0) is 12.8 Å². The first-order chi connectivity index (χ1) is 16.1. The summed E-state index contributed by atoms with van der Waals surface area (Å²) in [5, 5.41) is 1.00. The molecular formula is C28H25N3O2. The second kappa shape index (κ2) is 8.79. The standard InChI is InChI=1S/C28H25N3O2/c1-18-3-5-19(6-4-18)7-8-20-9-10-21(14-26(20)33-2)23-13-24-25(17-31-28(24)30-16-23)22-11-12-27(32)29-15-22/h3-6,9-17H,7-8H2,1-2H3,(H,29,32)(H,30,31). The number of aryl methyl sites for hydroxylation is 3. The Hall–Kier alpha value is -4.12. The molecule has 0 saturated carbocycles. The highest BCUT2D eigenvalue weighted by molar-refractivity contribution is 5.95. The first-order valence-electron chi connectivity index (χ1n) is 11.0. The highest BCUT2D eigenvalue weighted by Gasteiger charge is 2.11. The second-order valence-electron chi connectivity index (χ2n) is 8.28. The molecule has 0 unspecified atom stereocenters. The molecule has 0 bridgehead atoms. The molecule has 5 heteroatoms. The minimum atomic E-state index is -0.119. The van der Waals surface area contributed by atoms with Crippen LogP contribution in [0.25, 0.3) is 33.3 Å². The molecule has 3 heterocycles. The lowest BCUT2D eigenvalue weighted by Crippen LogP contribution is -2.01. The molecular weight excluding hydrogens is 410 g/mol. The normalized spacial score (nSPS) is 11.1. The fourth-order valence-corrected chi connectivity index (χ4v) is 4.14. The SMILES string of the molecule is COc1cc(-c2cnc3[nH]cc(-c4ccc(=O)[nH]c4)c3c2)ccc1CCc1ccc(C)cc1. The number of ether oxygens (including phenoxy) is 1. The summed E-state index contributed by atoms with van der Waals surface area (Å²) >= 11 is 0. The van der Waals surface area contributed by atoms with Gasteiger partial charge in [0.25, 0.3) is 0 Å². The highest BCUT2D eigenvalue weighted by Crippen LogP contribution is 2.32. The van der Waals surface area contributed by atoms with E-state index in [-0.39, 0.29) is 5.56 Å². The number of benzene rings is 2. The van der Waals surface area contributed by atoms with Crippen molar-refractivity contribution in [2.24, 2.45) is 0 Å². The van der Waals surface area contributed by atoms with Crippen molar-refractivity contribution >= 4 is 11.0 Å². The summed E-state index contributed by atoms with van der Waals surface area (Å²) in [6.07, 6.45) is 7.40. The number of methoxy groups -OCH3 is 1. The van der Waals surface area contributed by atoms with Crippen molar-refractivity contribution in [2.45, 2.75) is 19.8 Å². The van der Waals surface area contributed by atoms with E-state index < -0.39 is 0 Å². The third-order valence-electron chi connectivity index (χ3n) is 6.05. The van der Waals surface area contributed by atoms with Gasteiger partial charge in [0, 0.05) is 46.7 Å². The first kappa shape index (κ1) is 20.8. The number of H-pyrrole nitrogens is 2. The number of aromatic nitrogens is 3. The fourth-order valence-electron chi connectivity index (χ4n) is 4.14. The monoisotopic (exact) mass is 435 g/mol. The van der Waals surface area contributed by atoms with Crippen LogP contribution >= 0.6 is 0 Å². The van der Waals surface area contributed by atoms with Gasteiger partial charge in [-0.3, -0.25) is 4.79 Å². The Bertz CT molecular complexity index is 1460. The average Bonchev–Trinajstić information content (AvgIpc) is 3.27. The van der Waals surface area contributed by atoms with Gasteiger partial charge in [-0.1, -0.05) is 42.0 Å². The Balaban J connectivity index is 1.45. The number of aromatic amines is 2. The van der Waals surface area contributed by atoms with Crippen molar-refractivity contribution in [1.82, 2.24) is 15.0 Å². The van der Waals surface area contributed by atoms with Gasteiger partial charge in [-0.05, 0) is 54.7 Å². The number of hydrogen-bond donors (Lipinski definition) is 2. The van der Waals surface area contributed by atoms with E-state index >= 15 is 0 Å². The number of hydrogen-bond acceptors (Lipinski definition) is 3. The molecule has 0 saturated heterocycles. The summed E-state index contributed by atoms with van der Waals surface area (Å²) in [6.45, 7) is 2.11. The van der Waals surface area contributed by atoms with Crippen molar-refractivity contribution < 1.29 is 4.74 Å². The second-order valence-corrected chi connectivity index (χ2v) is 8.28. The molecule has 0 fully saturated rings. The van der Waals surface area contributed by atoms with Gasteiger partial charge >= 0.3 is 0 Å². The number of nitrogens with one attached hydrogen (secondary N) is 2. The molecule has 0 atom stereocenters. The van der Waals surface area contributed by atoms with Crippen LogP contribution in [0.3, 0.4) is 0 Å². The van der Waals surface area contributed by atoms with Gasteiger partial charge in [0.2, 0.25) is 5.56 Å². The van der Waals surface area contributed by atoms with E-state index in [4.69, 9.17) is 4.74 Å². The van der Waals surface area contributed by atoms with Crippen LogP contribution in [-0.4, -0.2) is 22.1 Å². The summed E-state index contributed by atoms with van der Waals surface area (Å²) in [5.41, 5.74) is 8.47. The molecule has 2 N–H and O–H groups in total. The molecule has 0 radical (unpaired) electrons. The van der Waals surface area contributed by atoms with Crippen LogP contribution in [0.2, 0.25) is 0 Å². The fraction of sp³-hybridized carbons (Fsp3) is 0.143. The molecule has 3 aromatic heterocycles.